The van der Waals surface area contributed by atoms with Crippen LogP contribution in [-0.4, -0.2) is 78.1 Å². The Bertz CT molecular complexity index is 1040. The first-order chi connectivity index (χ1) is 23.4. The molecule has 4 fully saturated rings. The van der Waals surface area contributed by atoms with Crippen LogP contribution in [0.4, 0.5) is 0 Å². The number of carbonyl (C=O) groups excluding carboxylic acids is 2. The average Bonchev–Trinajstić information content (AvgIpc) is 3.38. The Balaban J connectivity index is 0.00000541. The molecule has 2 spiro atoms. The highest BCUT2D eigenvalue weighted by Crippen LogP contribution is 2.46. The molecule has 0 amide bonds. The van der Waals surface area contributed by atoms with Gasteiger partial charge >= 0.3 is 11.9 Å². The quantitative estimate of drug-likeness (QED) is 0.0950. The van der Waals surface area contributed by atoms with E-state index in [-0.39, 0.29) is 53.6 Å². The van der Waals surface area contributed by atoms with Gasteiger partial charge in [-0.25, -0.2) is 10.2 Å². The summed E-state index contributed by atoms with van der Waals surface area (Å²) in [7, 11) is 1.46. The first-order valence-corrected chi connectivity index (χ1v) is 20.1. The predicted molar refractivity (Wildman–Crippen MR) is 189 cm³/mol. The summed E-state index contributed by atoms with van der Waals surface area (Å²) < 4.78 is 24.5. The van der Waals surface area contributed by atoms with Crippen molar-refractivity contribution in [2.75, 3.05) is 13.7 Å². The summed E-state index contributed by atoms with van der Waals surface area (Å²) in [6, 6.07) is 0.552. The van der Waals surface area contributed by atoms with Gasteiger partial charge in [0.25, 0.3) is 0 Å². The number of nitrogens with two attached hydrogens (primary N) is 1. The maximum atomic E-state index is 14.0. The Kier molecular flexibility index (Phi) is 16.3. The van der Waals surface area contributed by atoms with Crippen molar-refractivity contribution in [3.05, 3.63) is 12.2 Å². The van der Waals surface area contributed by atoms with E-state index in [1.165, 1.54) is 64.9 Å². The van der Waals surface area contributed by atoms with Crippen molar-refractivity contribution >= 4 is 11.9 Å². The van der Waals surface area contributed by atoms with E-state index in [0.29, 0.717) is 19.1 Å². The number of ether oxygens (including phenoxy) is 4. The minimum absolute atomic E-state index is 0. The van der Waals surface area contributed by atoms with E-state index >= 15 is 0 Å². The molecule has 282 valence electrons. The maximum absolute atomic E-state index is 14.0. The smallest absolute Gasteiger partial charge is 0.319 e. The van der Waals surface area contributed by atoms with Gasteiger partial charge in [-0.05, 0) is 64.7 Å². The maximum Gasteiger partial charge on any atom is 0.319 e. The molecular weight excluding hydrogens is 622 g/mol. The second-order valence-electron chi connectivity index (χ2n) is 15.6. The summed E-state index contributed by atoms with van der Waals surface area (Å²) in [5.41, 5.74) is -0.913. The number of nitrogens with zero attached hydrogens (tertiary/aromatic N) is 1. The van der Waals surface area contributed by atoms with Gasteiger partial charge in [-0.3, -0.25) is 14.9 Å². The van der Waals surface area contributed by atoms with Crippen LogP contribution < -0.4 is 10.6 Å². The van der Waals surface area contributed by atoms with Gasteiger partial charge in [0.2, 0.25) is 12.0 Å². The first-order valence-electron chi connectivity index (χ1n) is 20.1. The monoisotopic (exact) mass is 692 g/mol. The molecule has 0 aromatic rings. The number of nitrogens with one attached hydrogen (secondary N) is 1. The fraction of sp³-hybridized carbons (Fsp3) is 0.897. The van der Waals surface area contributed by atoms with Gasteiger partial charge in [0.15, 0.2) is 5.92 Å². The van der Waals surface area contributed by atoms with Gasteiger partial charge in [-0.15, -0.1) is 0 Å². The van der Waals surface area contributed by atoms with E-state index in [1.54, 1.807) is 0 Å². The molecule has 4 N–H and O–H groups in total. The number of quaternary nitrogens is 1. The number of rotatable bonds is 18. The van der Waals surface area contributed by atoms with Gasteiger partial charge in [0, 0.05) is 31.3 Å². The van der Waals surface area contributed by atoms with Crippen molar-refractivity contribution in [1.82, 2.24) is 10.2 Å². The number of esters is 2. The average molecular weight is 692 g/mol. The fourth-order valence-corrected chi connectivity index (χ4v) is 9.49. The molecule has 0 bridgehead atoms. The second-order valence-corrected chi connectivity index (χ2v) is 15.6. The molecule has 10 heteroatoms. The van der Waals surface area contributed by atoms with Crippen molar-refractivity contribution in [1.29, 1.82) is 0 Å². The van der Waals surface area contributed by atoms with E-state index in [1.807, 2.05) is 0 Å². The molecule has 0 aromatic heterocycles. The number of hydrogen-bond donors (Lipinski definition) is 2. The summed E-state index contributed by atoms with van der Waals surface area (Å²) in [6.07, 6.45) is 30.2. The third kappa shape index (κ3) is 10.7. The molecule has 4 saturated heterocycles. The largest absolute Gasteiger partial charge is 0.870 e. The van der Waals surface area contributed by atoms with Crippen molar-refractivity contribution in [3.63, 3.8) is 0 Å². The van der Waals surface area contributed by atoms with Crippen LogP contribution in [0.15, 0.2) is 12.2 Å². The van der Waals surface area contributed by atoms with Crippen molar-refractivity contribution in [2.45, 2.75) is 204 Å². The Morgan fingerprint density at radius 2 is 1.59 bits per heavy atom. The highest BCUT2D eigenvalue weighted by molar-refractivity contribution is 5.75. The Hall–Kier alpha value is -1.56. The molecule has 0 radical (unpaired) electrons. The lowest BCUT2D eigenvalue weighted by atomic mass is 9.79. The SMILES string of the molecule is CC[C@H]1C=CCC[C@@]2(C[C@@H]3CC[C@@H]4C(C(=O)OCCCCCCCCCCCCCCCC(=O)OC)[C@]5(CCC[C@@H](C)O5)[NH2+]C(N2)N34)O1.[OH-]. The molecule has 5 aliphatic rings. The molecule has 10 nitrogen and oxygen atoms in total. The third-order valence-electron chi connectivity index (χ3n) is 11.9. The Labute approximate surface area is 296 Å². The van der Waals surface area contributed by atoms with Gasteiger partial charge in [-0.1, -0.05) is 89.7 Å². The second kappa shape index (κ2) is 19.9. The van der Waals surface area contributed by atoms with Crippen LogP contribution in [0.5, 0.6) is 0 Å². The third-order valence-corrected chi connectivity index (χ3v) is 11.9. The summed E-state index contributed by atoms with van der Waals surface area (Å²) in [6.45, 7) is 4.89. The van der Waals surface area contributed by atoms with Crippen molar-refractivity contribution < 1.29 is 39.3 Å². The highest BCUT2D eigenvalue weighted by Gasteiger charge is 2.66. The van der Waals surface area contributed by atoms with Crippen LogP contribution >= 0.6 is 0 Å². The molecule has 5 aliphatic heterocycles. The van der Waals surface area contributed by atoms with Crippen molar-refractivity contribution in [2.24, 2.45) is 5.92 Å². The Morgan fingerprint density at radius 3 is 2.24 bits per heavy atom. The summed E-state index contributed by atoms with van der Waals surface area (Å²) >= 11 is 0. The lowest BCUT2D eigenvalue weighted by molar-refractivity contribution is -0.841. The van der Waals surface area contributed by atoms with E-state index in [9.17, 15) is 9.59 Å². The number of carbonyl (C=O) groups is 2. The van der Waals surface area contributed by atoms with Crippen LogP contribution in [-0.2, 0) is 28.5 Å². The molecule has 2 unspecified atom stereocenters. The van der Waals surface area contributed by atoms with Crippen LogP contribution in [0.1, 0.15) is 162 Å². The summed E-state index contributed by atoms with van der Waals surface area (Å²) in [5, 5.41) is 6.35. The highest BCUT2D eigenvalue weighted by atomic mass is 16.6. The molecule has 8 atom stereocenters. The van der Waals surface area contributed by atoms with E-state index in [2.05, 4.69) is 41.5 Å². The summed E-state index contributed by atoms with van der Waals surface area (Å²) in [4.78, 5) is 27.8. The van der Waals surface area contributed by atoms with Gasteiger partial charge in [-0.2, -0.15) is 0 Å². The van der Waals surface area contributed by atoms with Crippen LogP contribution in [0, 0.1) is 5.92 Å². The van der Waals surface area contributed by atoms with Crippen LogP contribution in [0.25, 0.3) is 0 Å². The zero-order valence-corrected chi connectivity index (χ0v) is 31.0. The zero-order chi connectivity index (χ0) is 33.8. The van der Waals surface area contributed by atoms with E-state index in [4.69, 9.17) is 18.9 Å². The minimum Gasteiger partial charge on any atom is -0.870 e. The number of hydrogen-bond acceptors (Lipinski definition) is 9. The lowest BCUT2D eigenvalue weighted by Crippen LogP contribution is -3.12. The number of methoxy groups -OCH3 is 1. The van der Waals surface area contributed by atoms with Gasteiger partial charge in [0.1, 0.15) is 5.72 Å². The van der Waals surface area contributed by atoms with Crippen LogP contribution in [0.3, 0.4) is 0 Å². The lowest BCUT2D eigenvalue weighted by Gasteiger charge is -2.57. The van der Waals surface area contributed by atoms with Crippen LogP contribution in [0.2, 0.25) is 0 Å². The molecule has 0 aromatic carbocycles. The molecule has 5 heterocycles. The fourth-order valence-electron chi connectivity index (χ4n) is 9.49. The zero-order valence-electron chi connectivity index (χ0n) is 31.0. The number of unbranched alkanes of at least 4 members (excludes halogenated alkanes) is 12. The molecule has 0 aliphatic carbocycles. The van der Waals surface area contributed by atoms with Gasteiger partial charge < -0.3 is 24.4 Å². The van der Waals surface area contributed by atoms with Gasteiger partial charge in [0.05, 0.1) is 25.9 Å². The number of allylic oxidation sites excluding steroid dienone is 1. The van der Waals surface area contributed by atoms with Crippen molar-refractivity contribution in [3.8, 4) is 0 Å². The molecule has 49 heavy (non-hydrogen) atoms. The minimum atomic E-state index is -0.585. The van der Waals surface area contributed by atoms with E-state index in [0.717, 1.165) is 83.5 Å². The first kappa shape index (κ1) is 40.2. The summed E-state index contributed by atoms with van der Waals surface area (Å²) in [5.74, 6) is -0.402. The Morgan fingerprint density at radius 1 is 0.918 bits per heavy atom. The topological polar surface area (TPSA) is 133 Å². The predicted octanol–water partition coefficient (Wildman–Crippen LogP) is 6.42. The standard InChI is InChI=1S/C39H67N3O6.H2O/c1-4-32-22-17-18-26-38(48-32)29-31-24-25-33-35(39(27-20-21-30(2)47-39)41-37(40-38)42(31)33)36(44)46-28-19-15-13-11-9-7-5-6-8-10-12-14-16-23-34(43)45-3;/h17,22,30-33,35,37,40-41H,4-16,18-21,23-29H2,1-3H3;1H2/t30-,31+,32+,33-,35?,37?,38+,39-;/m1./s1. The normalized spacial score (nSPS) is 33.9. The molecule has 0 saturated carbocycles. The van der Waals surface area contributed by atoms with E-state index < -0.39 is 5.72 Å². The molecule has 5 rings (SSSR count). The molecular formula is C39H69N3O7.